The molecular weight excluding hydrogens is 208 g/mol. The summed E-state index contributed by atoms with van der Waals surface area (Å²) < 4.78 is 41.9. The van der Waals surface area contributed by atoms with Crippen LogP contribution in [0.1, 0.15) is 0 Å². The second-order valence-electron chi connectivity index (χ2n) is 1.32. The van der Waals surface area contributed by atoms with Gasteiger partial charge < -0.3 is 5.11 Å². The molecule has 0 radical (unpaired) electrons. The molecule has 0 saturated heterocycles. The van der Waals surface area contributed by atoms with Crippen LogP contribution >= 0.6 is 15.9 Å². The minimum Gasteiger partial charge on any atom is -0.351 e. The highest BCUT2D eigenvalue weighted by molar-refractivity contribution is 9.10. The highest BCUT2D eigenvalue weighted by Crippen LogP contribution is 2.27. The largest absolute Gasteiger partial charge is 0.351 e. The zero-order valence-corrected chi connectivity index (χ0v) is 5.58. The SMILES string of the molecule is OC(F)(Br)C(F)C(F)F. The molecule has 0 spiro atoms. The minimum atomic E-state index is -3.62. The Morgan fingerprint density at radius 3 is 1.67 bits per heavy atom. The highest BCUT2D eigenvalue weighted by Gasteiger charge is 2.41. The number of hydrogen-bond acceptors (Lipinski definition) is 1. The molecule has 0 rings (SSSR count). The second-order valence-corrected chi connectivity index (χ2v) is 2.44. The van der Waals surface area contributed by atoms with Gasteiger partial charge in [-0.3, -0.25) is 0 Å². The van der Waals surface area contributed by atoms with Crippen LogP contribution in [0.15, 0.2) is 0 Å². The molecule has 0 amide bonds. The lowest BCUT2D eigenvalue weighted by Gasteiger charge is -2.14. The summed E-state index contributed by atoms with van der Waals surface area (Å²) in [4.78, 5) is 0. The number of aliphatic hydroxyl groups is 1. The van der Waals surface area contributed by atoms with E-state index < -0.39 is 17.4 Å². The van der Waals surface area contributed by atoms with Gasteiger partial charge in [-0.25, -0.2) is 13.2 Å². The lowest BCUT2D eigenvalue weighted by Crippen LogP contribution is -2.33. The summed E-state index contributed by atoms with van der Waals surface area (Å²) in [7, 11) is 0. The minimum absolute atomic E-state index is 1.68. The fourth-order valence-electron chi connectivity index (χ4n) is 0.152. The molecule has 0 saturated carbocycles. The lowest BCUT2D eigenvalue weighted by molar-refractivity contribution is -0.110. The highest BCUT2D eigenvalue weighted by atomic mass is 79.9. The molecule has 0 fully saturated rings. The summed E-state index contributed by atoms with van der Waals surface area (Å²) in [6, 6.07) is 0. The molecule has 56 valence electrons. The standard InChI is InChI=1S/C3H3BrF4O/c4-3(8,9)1(5)2(6)7/h1-2,9H. The molecule has 0 heterocycles. The molecule has 9 heavy (non-hydrogen) atoms. The van der Waals surface area contributed by atoms with Crippen molar-refractivity contribution in [1.82, 2.24) is 0 Å². The first-order valence-corrected chi connectivity index (χ1v) is 2.67. The van der Waals surface area contributed by atoms with E-state index in [1.807, 2.05) is 0 Å². The third-order valence-electron chi connectivity index (χ3n) is 0.553. The monoisotopic (exact) mass is 210 g/mol. The molecule has 0 aliphatic heterocycles. The first kappa shape index (κ1) is 9.16. The van der Waals surface area contributed by atoms with Gasteiger partial charge in [0.15, 0.2) is 0 Å². The first-order valence-electron chi connectivity index (χ1n) is 1.88. The predicted octanol–water partition coefficient (Wildman–Crippen LogP) is 1.60. The average Bonchev–Trinajstić information content (AvgIpc) is 1.62. The van der Waals surface area contributed by atoms with E-state index in [-0.39, 0.29) is 0 Å². The quantitative estimate of drug-likeness (QED) is 0.543. The smallest absolute Gasteiger partial charge is 0.300 e. The van der Waals surface area contributed by atoms with Crippen molar-refractivity contribution in [3.8, 4) is 0 Å². The van der Waals surface area contributed by atoms with E-state index >= 15 is 0 Å². The first-order chi connectivity index (χ1) is 3.85. The van der Waals surface area contributed by atoms with Gasteiger partial charge in [0.2, 0.25) is 6.17 Å². The molecule has 0 aliphatic rings. The van der Waals surface area contributed by atoms with Gasteiger partial charge in [-0.15, -0.1) is 0 Å². The van der Waals surface area contributed by atoms with Gasteiger partial charge >= 0.3 is 0 Å². The van der Waals surface area contributed by atoms with Crippen LogP contribution in [-0.4, -0.2) is 22.5 Å². The normalized spacial score (nSPS) is 21.7. The number of rotatable bonds is 2. The van der Waals surface area contributed by atoms with Crippen LogP contribution in [0.5, 0.6) is 0 Å². The van der Waals surface area contributed by atoms with Crippen molar-refractivity contribution in [1.29, 1.82) is 0 Å². The third kappa shape index (κ3) is 3.00. The molecule has 0 aromatic heterocycles. The van der Waals surface area contributed by atoms with Crippen molar-refractivity contribution in [2.24, 2.45) is 0 Å². The van der Waals surface area contributed by atoms with Gasteiger partial charge in [0, 0.05) is 0 Å². The van der Waals surface area contributed by atoms with E-state index in [0.29, 0.717) is 0 Å². The van der Waals surface area contributed by atoms with Crippen molar-refractivity contribution >= 4 is 15.9 Å². The molecule has 0 aromatic carbocycles. The van der Waals surface area contributed by atoms with Crippen molar-refractivity contribution in [2.75, 3.05) is 0 Å². The van der Waals surface area contributed by atoms with Gasteiger partial charge in [0.1, 0.15) is 0 Å². The van der Waals surface area contributed by atoms with Gasteiger partial charge in [-0.2, -0.15) is 4.39 Å². The third-order valence-corrected chi connectivity index (χ3v) is 0.990. The Bertz CT molecular complexity index is 90.3. The molecule has 0 bridgehead atoms. The number of alkyl halides is 5. The summed E-state index contributed by atoms with van der Waals surface area (Å²) >= 11 is 1.68. The summed E-state index contributed by atoms with van der Waals surface area (Å²) in [5.74, 6) is 0. The zero-order valence-electron chi connectivity index (χ0n) is 3.99. The van der Waals surface area contributed by atoms with Crippen LogP contribution in [0.4, 0.5) is 17.6 Å². The number of hydrogen-bond donors (Lipinski definition) is 1. The van der Waals surface area contributed by atoms with Gasteiger partial charge in [0.05, 0.1) is 0 Å². The summed E-state index contributed by atoms with van der Waals surface area (Å²) in [5.41, 5.74) is 0. The van der Waals surface area contributed by atoms with Crippen LogP contribution in [0.3, 0.4) is 0 Å². The summed E-state index contributed by atoms with van der Waals surface area (Å²) in [5, 5.41) is 7.85. The Kier molecular flexibility index (Phi) is 2.88. The maximum atomic E-state index is 11.7. The van der Waals surface area contributed by atoms with Crippen molar-refractivity contribution in [3.05, 3.63) is 0 Å². The van der Waals surface area contributed by atoms with E-state index in [4.69, 9.17) is 5.11 Å². The van der Waals surface area contributed by atoms with E-state index in [1.165, 1.54) is 0 Å². The average molecular weight is 211 g/mol. The van der Waals surface area contributed by atoms with Gasteiger partial charge in [0.25, 0.3) is 11.2 Å². The fraction of sp³-hybridized carbons (Fsp3) is 1.00. The molecular formula is C3H3BrF4O. The summed E-state index contributed by atoms with van der Waals surface area (Å²) in [6.45, 7) is 0. The van der Waals surface area contributed by atoms with E-state index in [0.717, 1.165) is 0 Å². The number of halogens is 5. The maximum absolute atomic E-state index is 11.7. The predicted molar refractivity (Wildman–Crippen MR) is 25.9 cm³/mol. The molecule has 2 unspecified atom stereocenters. The molecule has 2 atom stereocenters. The van der Waals surface area contributed by atoms with Crippen molar-refractivity contribution in [2.45, 2.75) is 17.4 Å². The van der Waals surface area contributed by atoms with Crippen LogP contribution in [-0.2, 0) is 0 Å². The zero-order chi connectivity index (χ0) is 7.65. The van der Waals surface area contributed by atoms with Gasteiger partial charge in [-0.1, -0.05) is 0 Å². The summed E-state index contributed by atoms with van der Waals surface area (Å²) in [6.07, 6.45) is -6.74. The van der Waals surface area contributed by atoms with Crippen molar-refractivity contribution < 1.29 is 22.7 Å². The Balaban J connectivity index is 3.88. The maximum Gasteiger partial charge on any atom is 0.300 e. The lowest BCUT2D eigenvalue weighted by atomic mass is 10.4. The molecule has 0 aromatic rings. The van der Waals surface area contributed by atoms with E-state index in [2.05, 4.69) is 0 Å². The Morgan fingerprint density at radius 1 is 1.33 bits per heavy atom. The van der Waals surface area contributed by atoms with Crippen LogP contribution in [0.2, 0.25) is 0 Å². The molecule has 6 heteroatoms. The Morgan fingerprint density at radius 2 is 1.67 bits per heavy atom. The van der Waals surface area contributed by atoms with E-state index in [9.17, 15) is 17.6 Å². The topological polar surface area (TPSA) is 20.2 Å². The Labute approximate surface area is 56.8 Å². The van der Waals surface area contributed by atoms with Crippen LogP contribution < -0.4 is 0 Å². The fourth-order valence-corrected chi connectivity index (χ4v) is 0.351. The Hall–Kier alpha value is 0.160. The van der Waals surface area contributed by atoms with Crippen LogP contribution in [0, 0.1) is 0 Å². The van der Waals surface area contributed by atoms with Crippen molar-refractivity contribution in [3.63, 3.8) is 0 Å². The second kappa shape index (κ2) is 2.83. The van der Waals surface area contributed by atoms with Gasteiger partial charge in [-0.05, 0) is 15.9 Å². The van der Waals surface area contributed by atoms with Crippen LogP contribution in [0.25, 0.3) is 0 Å². The molecule has 1 N–H and O–H groups in total. The molecule has 1 nitrogen and oxygen atoms in total. The van der Waals surface area contributed by atoms with E-state index in [1.54, 1.807) is 15.9 Å². The molecule has 0 aliphatic carbocycles.